The van der Waals surface area contributed by atoms with Crippen molar-refractivity contribution in [3.05, 3.63) is 29.8 Å². The van der Waals surface area contributed by atoms with Crippen LogP contribution in [0.15, 0.2) is 29.3 Å². The summed E-state index contributed by atoms with van der Waals surface area (Å²) in [4.78, 5) is 7.41. The molecule has 1 aromatic carbocycles. The summed E-state index contributed by atoms with van der Waals surface area (Å²) in [7, 11) is 3.88. The highest BCUT2D eigenvalue weighted by Crippen LogP contribution is 2.40. The summed E-state index contributed by atoms with van der Waals surface area (Å²) in [5.74, 6) is 2.55. The number of guanidine groups is 1. The molecule has 1 N–H and O–H groups in total. The normalized spacial score (nSPS) is 22.1. The van der Waals surface area contributed by atoms with Crippen molar-refractivity contribution >= 4 is 5.96 Å². The maximum Gasteiger partial charge on any atom is 0.193 e. The zero-order chi connectivity index (χ0) is 19.8. The van der Waals surface area contributed by atoms with Crippen LogP contribution >= 0.6 is 0 Å². The predicted octanol–water partition coefficient (Wildman–Crippen LogP) is 3.83. The lowest BCUT2D eigenvalue weighted by Gasteiger charge is -2.37. The van der Waals surface area contributed by atoms with E-state index in [0.29, 0.717) is 5.92 Å². The van der Waals surface area contributed by atoms with E-state index in [1.165, 1.54) is 37.7 Å². The molecular weight excluding hydrogens is 350 g/mol. The van der Waals surface area contributed by atoms with Gasteiger partial charge in [0, 0.05) is 38.1 Å². The molecule has 1 aromatic rings. The van der Waals surface area contributed by atoms with Gasteiger partial charge < -0.3 is 19.7 Å². The molecule has 1 aliphatic carbocycles. The summed E-state index contributed by atoms with van der Waals surface area (Å²) < 4.78 is 10.9. The van der Waals surface area contributed by atoms with Crippen molar-refractivity contribution in [3.63, 3.8) is 0 Å². The maximum absolute atomic E-state index is 5.55. The van der Waals surface area contributed by atoms with Gasteiger partial charge in [0.2, 0.25) is 0 Å². The van der Waals surface area contributed by atoms with E-state index in [1.54, 1.807) is 7.11 Å². The fraction of sp³-hybridized carbons (Fsp3) is 0.696. The lowest BCUT2D eigenvalue weighted by atomic mass is 9.69. The predicted molar refractivity (Wildman–Crippen MR) is 115 cm³/mol. The van der Waals surface area contributed by atoms with E-state index in [-0.39, 0.29) is 5.41 Å². The minimum atomic E-state index is 0.141. The number of hydrogen-bond donors (Lipinski definition) is 1. The van der Waals surface area contributed by atoms with E-state index in [4.69, 9.17) is 14.5 Å². The fourth-order valence-corrected chi connectivity index (χ4v) is 4.61. The highest BCUT2D eigenvalue weighted by Gasteiger charge is 2.34. The smallest absolute Gasteiger partial charge is 0.193 e. The van der Waals surface area contributed by atoms with Gasteiger partial charge in [0.25, 0.3) is 0 Å². The largest absolute Gasteiger partial charge is 0.497 e. The Balaban J connectivity index is 1.76. The molecule has 28 heavy (non-hydrogen) atoms. The highest BCUT2D eigenvalue weighted by atomic mass is 16.5. The molecule has 5 heteroatoms. The van der Waals surface area contributed by atoms with Crippen LogP contribution in [0.3, 0.4) is 0 Å². The van der Waals surface area contributed by atoms with Crippen LogP contribution in [0.4, 0.5) is 0 Å². The van der Waals surface area contributed by atoms with Crippen LogP contribution in [-0.2, 0) is 10.2 Å². The van der Waals surface area contributed by atoms with Crippen LogP contribution in [0.1, 0.15) is 51.0 Å². The van der Waals surface area contributed by atoms with E-state index in [0.717, 1.165) is 51.0 Å². The van der Waals surface area contributed by atoms with Crippen LogP contribution in [-0.4, -0.2) is 57.9 Å². The number of benzene rings is 1. The van der Waals surface area contributed by atoms with E-state index in [1.807, 2.05) is 0 Å². The number of methoxy groups -OCH3 is 1. The van der Waals surface area contributed by atoms with Crippen molar-refractivity contribution < 1.29 is 9.47 Å². The molecule has 1 heterocycles. The monoisotopic (exact) mass is 387 g/mol. The zero-order valence-electron chi connectivity index (χ0n) is 17.9. The first-order chi connectivity index (χ1) is 13.7. The first-order valence-electron chi connectivity index (χ1n) is 10.9. The van der Waals surface area contributed by atoms with Gasteiger partial charge in [0.05, 0.1) is 20.3 Å². The molecule has 1 unspecified atom stereocenters. The molecule has 2 fully saturated rings. The van der Waals surface area contributed by atoms with Crippen LogP contribution in [0.5, 0.6) is 5.75 Å². The van der Waals surface area contributed by atoms with Gasteiger partial charge in [-0.15, -0.1) is 0 Å². The molecule has 1 saturated carbocycles. The molecule has 156 valence electrons. The van der Waals surface area contributed by atoms with Crippen molar-refractivity contribution in [3.8, 4) is 5.75 Å². The first-order valence-corrected chi connectivity index (χ1v) is 10.9. The van der Waals surface area contributed by atoms with E-state index >= 15 is 0 Å². The lowest BCUT2D eigenvalue weighted by Crippen LogP contribution is -2.43. The number of ether oxygens (including phenoxy) is 2. The summed E-state index contributed by atoms with van der Waals surface area (Å²) in [6.45, 7) is 6.64. The molecule has 1 aliphatic heterocycles. The number of hydrogen-bond acceptors (Lipinski definition) is 3. The van der Waals surface area contributed by atoms with E-state index in [2.05, 4.69) is 48.5 Å². The Morgan fingerprint density at radius 2 is 2.00 bits per heavy atom. The van der Waals surface area contributed by atoms with Crippen molar-refractivity contribution in [2.45, 2.75) is 50.9 Å². The molecule has 0 bridgehead atoms. The van der Waals surface area contributed by atoms with Gasteiger partial charge in [0.1, 0.15) is 5.75 Å². The molecule has 0 radical (unpaired) electrons. The summed E-state index contributed by atoms with van der Waals surface area (Å²) in [6, 6.07) is 8.66. The molecule has 0 amide bonds. The molecular formula is C23H37N3O2. The first kappa shape index (κ1) is 21.0. The van der Waals surface area contributed by atoms with Gasteiger partial charge in [-0.05, 0) is 43.9 Å². The van der Waals surface area contributed by atoms with Gasteiger partial charge in [-0.1, -0.05) is 31.4 Å². The summed E-state index contributed by atoms with van der Waals surface area (Å²) in [5, 5.41) is 3.50. The zero-order valence-corrected chi connectivity index (χ0v) is 17.9. The maximum atomic E-state index is 5.55. The standard InChI is InChI=1S/C23H37N3O2/c1-4-24-22(26(2)16-19-12-15-28-17-19)25-18-23(13-6-5-7-14-23)20-8-10-21(27-3)11-9-20/h8-11,19H,4-7,12-18H2,1-3H3,(H,24,25). The molecule has 2 aliphatic rings. The lowest BCUT2D eigenvalue weighted by molar-refractivity contribution is 0.181. The van der Waals surface area contributed by atoms with Crippen LogP contribution in [0.25, 0.3) is 0 Å². The molecule has 1 atom stereocenters. The summed E-state index contributed by atoms with van der Waals surface area (Å²) in [6.07, 6.45) is 7.48. The second kappa shape index (κ2) is 10.1. The Hall–Kier alpha value is -1.75. The second-order valence-electron chi connectivity index (χ2n) is 8.35. The SMILES string of the molecule is CCNC(=NCC1(c2ccc(OC)cc2)CCCCC1)N(C)CC1CCOC1. The molecule has 0 spiro atoms. The quantitative estimate of drug-likeness (QED) is 0.570. The topological polar surface area (TPSA) is 46.1 Å². The summed E-state index contributed by atoms with van der Waals surface area (Å²) >= 11 is 0. The Bertz CT molecular complexity index is 617. The van der Waals surface area contributed by atoms with Gasteiger partial charge in [-0.25, -0.2) is 0 Å². The highest BCUT2D eigenvalue weighted by molar-refractivity contribution is 5.79. The van der Waals surface area contributed by atoms with E-state index < -0.39 is 0 Å². The number of nitrogens with zero attached hydrogens (tertiary/aromatic N) is 2. The number of rotatable bonds is 7. The van der Waals surface area contributed by atoms with Crippen LogP contribution in [0.2, 0.25) is 0 Å². The van der Waals surface area contributed by atoms with Crippen LogP contribution < -0.4 is 10.1 Å². The molecule has 5 nitrogen and oxygen atoms in total. The van der Waals surface area contributed by atoms with Gasteiger partial charge in [-0.2, -0.15) is 0 Å². The van der Waals surface area contributed by atoms with Crippen molar-refractivity contribution in [1.29, 1.82) is 0 Å². The molecule has 1 saturated heterocycles. The average Bonchev–Trinajstić information content (AvgIpc) is 3.25. The van der Waals surface area contributed by atoms with Crippen molar-refractivity contribution in [2.24, 2.45) is 10.9 Å². The van der Waals surface area contributed by atoms with Gasteiger partial charge in [-0.3, -0.25) is 4.99 Å². The van der Waals surface area contributed by atoms with Gasteiger partial charge in [0.15, 0.2) is 5.96 Å². The molecule has 0 aromatic heterocycles. The third-order valence-electron chi connectivity index (χ3n) is 6.30. The van der Waals surface area contributed by atoms with Gasteiger partial charge >= 0.3 is 0 Å². The minimum Gasteiger partial charge on any atom is -0.497 e. The third kappa shape index (κ3) is 5.19. The third-order valence-corrected chi connectivity index (χ3v) is 6.30. The minimum absolute atomic E-state index is 0.141. The summed E-state index contributed by atoms with van der Waals surface area (Å²) in [5.41, 5.74) is 1.54. The van der Waals surface area contributed by atoms with Crippen molar-refractivity contribution in [1.82, 2.24) is 10.2 Å². The van der Waals surface area contributed by atoms with E-state index in [9.17, 15) is 0 Å². The average molecular weight is 388 g/mol. The van der Waals surface area contributed by atoms with Crippen molar-refractivity contribution in [2.75, 3.05) is 47.0 Å². The Labute approximate surface area is 170 Å². The van der Waals surface area contributed by atoms with Crippen LogP contribution in [0, 0.1) is 5.92 Å². The Morgan fingerprint density at radius 1 is 1.25 bits per heavy atom. The number of aliphatic imine (C=N–C) groups is 1. The number of nitrogens with one attached hydrogen (secondary N) is 1. The molecule has 3 rings (SSSR count). The second-order valence-corrected chi connectivity index (χ2v) is 8.35. The Morgan fingerprint density at radius 3 is 2.61 bits per heavy atom. The Kier molecular flexibility index (Phi) is 7.60. The fourth-order valence-electron chi connectivity index (χ4n) is 4.61.